The fraction of sp³-hybridized carbons (Fsp3) is 0.286. The van der Waals surface area contributed by atoms with Gasteiger partial charge >= 0.3 is 0 Å². The summed E-state index contributed by atoms with van der Waals surface area (Å²) in [5.74, 6) is 0.517. The number of halogens is 1. The highest BCUT2D eigenvalue weighted by Gasteiger charge is 2.17. The molecule has 3 aromatic rings. The maximum Gasteiger partial charge on any atom is 0.275 e. The van der Waals surface area contributed by atoms with Crippen LogP contribution in [0.5, 0.6) is 0 Å². The third-order valence-electron chi connectivity index (χ3n) is 4.72. The first kappa shape index (κ1) is 20.0. The number of aromatic nitrogens is 2. The Hall–Kier alpha value is -2.70. The van der Waals surface area contributed by atoms with E-state index in [-0.39, 0.29) is 24.1 Å². The molecule has 1 aromatic heterocycles. The van der Waals surface area contributed by atoms with Gasteiger partial charge in [-0.05, 0) is 43.7 Å². The Morgan fingerprint density at radius 2 is 2.04 bits per heavy atom. The summed E-state index contributed by atoms with van der Waals surface area (Å²) < 4.78 is 0. The van der Waals surface area contributed by atoms with Crippen molar-refractivity contribution in [3.8, 4) is 0 Å². The fourth-order valence-corrected chi connectivity index (χ4v) is 3.35. The molecule has 2 atom stereocenters. The van der Waals surface area contributed by atoms with Gasteiger partial charge in [-0.15, -0.1) is 0 Å². The van der Waals surface area contributed by atoms with Crippen LogP contribution in [0.4, 0.5) is 0 Å². The van der Waals surface area contributed by atoms with Crippen LogP contribution in [0.25, 0.3) is 10.9 Å². The molecule has 146 valence electrons. The first-order chi connectivity index (χ1) is 13.5. The van der Waals surface area contributed by atoms with Crippen molar-refractivity contribution in [1.82, 2.24) is 15.3 Å². The number of para-hydroxylation sites is 1. The number of aromatic amines is 1. The molecular formula is C21H24ClN4O2+. The third kappa shape index (κ3) is 4.97. The van der Waals surface area contributed by atoms with E-state index in [0.717, 1.165) is 17.0 Å². The first-order valence-corrected chi connectivity index (χ1v) is 9.70. The van der Waals surface area contributed by atoms with E-state index in [9.17, 15) is 9.59 Å². The molecule has 0 radical (unpaired) electrons. The van der Waals surface area contributed by atoms with Crippen LogP contribution in [0.15, 0.2) is 53.3 Å². The summed E-state index contributed by atoms with van der Waals surface area (Å²) in [5, 5.41) is 4.22. The van der Waals surface area contributed by atoms with Crippen LogP contribution in [-0.4, -0.2) is 29.0 Å². The van der Waals surface area contributed by atoms with Crippen molar-refractivity contribution in [3.05, 3.63) is 75.3 Å². The minimum Gasteiger partial charge on any atom is -0.345 e. The van der Waals surface area contributed by atoms with Crippen molar-refractivity contribution in [3.63, 3.8) is 0 Å². The van der Waals surface area contributed by atoms with E-state index >= 15 is 0 Å². The third-order valence-corrected chi connectivity index (χ3v) is 4.95. The van der Waals surface area contributed by atoms with Gasteiger partial charge in [0, 0.05) is 5.02 Å². The second-order valence-electron chi connectivity index (χ2n) is 6.83. The number of carbonyl (C=O) groups excluding carboxylic acids is 1. The summed E-state index contributed by atoms with van der Waals surface area (Å²) in [5.41, 5.74) is 1.46. The van der Waals surface area contributed by atoms with E-state index in [2.05, 4.69) is 15.3 Å². The molecule has 1 heterocycles. The molecule has 1 amide bonds. The molecule has 3 N–H and O–H groups in total. The summed E-state index contributed by atoms with van der Waals surface area (Å²) in [6.45, 7) is 5.42. The van der Waals surface area contributed by atoms with Crippen LogP contribution in [0, 0.1) is 0 Å². The maximum absolute atomic E-state index is 12.5. The van der Waals surface area contributed by atoms with Gasteiger partial charge in [0.2, 0.25) is 0 Å². The molecular weight excluding hydrogens is 376 g/mol. The lowest BCUT2D eigenvalue weighted by Gasteiger charge is -2.19. The Bertz CT molecular complexity index is 1030. The molecule has 7 heteroatoms. The molecule has 0 fully saturated rings. The van der Waals surface area contributed by atoms with Gasteiger partial charge in [0.1, 0.15) is 6.54 Å². The normalized spacial score (nSPS) is 13.2. The molecule has 0 saturated heterocycles. The summed E-state index contributed by atoms with van der Waals surface area (Å²) in [6, 6.07) is 14.6. The van der Waals surface area contributed by atoms with Crippen LogP contribution in [0.3, 0.4) is 0 Å². The van der Waals surface area contributed by atoms with Crippen molar-refractivity contribution in [1.29, 1.82) is 0 Å². The Kier molecular flexibility index (Phi) is 6.44. The number of carbonyl (C=O) groups is 1. The smallest absolute Gasteiger partial charge is 0.275 e. The molecule has 0 aliphatic carbocycles. The van der Waals surface area contributed by atoms with Gasteiger partial charge in [0.25, 0.3) is 11.5 Å². The minimum atomic E-state index is -0.157. The Morgan fingerprint density at radius 3 is 2.79 bits per heavy atom. The average molecular weight is 400 g/mol. The Balaban J connectivity index is 1.65. The number of fused-ring (bicyclic) bond motifs is 1. The van der Waals surface area contributed by atoms with Gasteiger partial charge in [-0.2, -0.15) is 0 Å². The molecule has 2 aromatic carbocycles. The maximum atomic E-state index is 12.5. The topological polar surface area (TPSA) is 79.3 Å². The quantitative estimate of drug-likeness (QED) is 0.567. The summed E-state index contributed by atoms with van der Waals surface area (Å²) in [6.07, 6.45) is 0. The number of quaternary nitrogens is 1. The van der Waals surface area contributed by atoms with Gasteiger partial charge in [-0.25, -0.2) is 4.98 Å². The first-order valence-electron chi connectivity index (χ1n) is 9.32. The summed E-state index contributed by atoms with van der Waals surface area (Å²) in [4.78, 5) is 33.1. The highest BCUT2D eigenvalue weighted by atomic mass is 35.5. The van der Waals surface area contributed by atoms with Crippen LogP contribution in [0.2, 0.25) is 5.02 Å². The molecule has 0 saturated carbocycles. The second kappa shape index (κ2) is 8.99. The average Bonchev–Trinajstić information content (AvgIpc) is 2.67. The molecule has 6 nitrogen and oxygen atoms in total. The SMILES string of the molecule is CC[NH+](CC(=O)N[C@@H](C)c1cccc(Cl)c1)Cc1nc2ccccc2c(=O)[nH]1. The highest BCUT2D eigenvalue weighted by Crippen LogP contribution is 2.17. The van der Waals surface area contributed by atoms with E-state index in [4.69, 9.17) is 11.6 Å². The number of hydrogen-bond acceptors (Lipinski definition) is 3. The van der Waals surface area contributed by atoms with E-state index < -0.39 is 0 Å². The monoisotopic (exact) mass is 399 g/mol. The second-order valence-corrected chi connectivity index (χ2v) is 7.27. The number of rotatable bonds is 7. The van der Waals surface area contributed by atoms with Gasteiger partial charge in [-0.1, -0.05) is 35.9 Å². The lowest BCUT2D eigenvalue weighted by molar-refractivity contribution is -0.904. The summed E-state index contributed by atoms with van der Waals surface area (Å²) >= 11 is 6.02. The van der Waals surface area contributed by atoms with Crippen LogP contribution in [-0.2, 0) is 11.3 Å². The Morgan fingerprint density at radius 1 is 1.25 bits per heavy atom. The van der Waals surface area contributed by atoms with Crippen LogP contribution >= 0.6 is 11.6 Å². The van der Waals surface area contributed by atoms with Gasteiger partial charge in [0.15, 0.2) is 12.4 Å². The number of benzene rings is 2. The van der Waals surface area contributed by atoms with E-state index in [1.54, 1.807) is 12.1 Å². The molecule has 0 bridgehead atoms. The minimum absolute atomic E-state index is 0.0625. The van der Waals surface area contributed by atoms with Gasteiger partial charge in [0.05, 0.1) is 23.5 Å². The fourth-order valence-electron chi connectivity index (χ4n) is 3.15. The molecule has 3 rings (SSSR count). The number of nitrogens with zero attached hydrogens (tertiary/aromatic N) is 1. The predicted octanol–water partition coefficient (Wildman–Crippen LogP) is 1.86. The van der Waals surface area contributed by atoms with E-state index in [0.29, 0.717) is 28.3 Å². The van der Waals surface area contributed by atoms with Gasteiger partial charge < -0.3 is 15.2 Å². The molecule has 28 heavy (non-hydrogen) atoms. The van der Waals surface area contributed by atoms with Crippen molar-refractivity contribution >= 4 is 28.4 Å². The number of likely N-dealkylation sites (N-methyl/N-ethyl adjacent to an activating group) is 1. The van der Waals surface area contributed by atoms with Crippen molar-refractivity contribution in [2.45, 2.75) is 26.4 Å². The van der Waals surface area contributed by atoms with Crippen LogP contribution < -0.4 is 15.8 Å². The number of nitrogens with one attached hydrogen (secondary N) is 3. The van der Waals surface area contributed by atoms with Crippen LogP contribution in [0.1, 0.15) is 31.3 Å². The van der Waals surface area contributed by atoms with Crippen molar-refractivity contribution in [2.24, 2.45) is 0 Å². The molecule has 0 aliphatic heterocycles. The zero-order valence-corrected chi connectivity index (χ0v) is 16.7. The van der Waals surface area contributed by atoms with Gasteiger partial charge in [-0.3, -0.25) is 9.59 Å². The number of hydrogen-bond donors (Lipinski definition) is 3. The predicted molar refractivity (Wildman–Crippen MR) is 110 cm³/mol. The molecule has 0 aliphatic rings. The molecule has 0 spiro atoms. The summed E-state index contributed by atoms with van der Waals surface area (Å²) in [7, 11) is 0. The zero-order chi connectivity index (χ0) is 20.1. The number of H-pyrrole nitrogens is 1. The lowest BCUT2D eigenvalue weighted by Crippen LogP contribution is -3.11. The highest BCUT2D eigenvalue weighted by molar-refractivity contribution is 6.30. The molecule has 1 unspecified atom stereocenters. The van der Waals surface area contributed by atoms with Crippen molar-refractivity contribution < 1.29 is 9.69 Å². The standard InChI is InChI=1S/C21H23ClN4O2/c1-3-26(12-19-24-18-10-5-4-9-17(18)21(28)25-19)13-20(27)23-14(2)15-7-6-8-16(22)11-15/h4-11,14H,3,12-13H2,1-2H3,(H,23,27)(H,24,25,28)/p+1/t14-/m0/s1. The largest absolute Gasteiger partial charge is 0.345 e. The van der Waals surface area contributed by atoms with E-state index in [1.807, 2.05) is 50.2 Å². The zero-order valence-electron chi connectivity index (χ0n) is 16.0. The van der Waals surface area contributed by atoms with E-state index in [1.165, 1.54) is 0 Å². The number of amides is 1. The van der Waals surface area contributed by atoms with Crippen molar-refractivity contribution in [2.75, 3.05) is 13.1 Å². The lowest BCUT2D eigenvalue weighted by atomic mass is 10.1. The Labute approximate surface area is 168 Å².